The number of aliphatic hydroxyl groups excluding tert-OH is 1. The van der Waals surface area contributed by atoms with Crippen molar-refractivity contribution in [2.75, 3.05) is 31.1 Å². The van der Waals surface area contributed by atoms with Gasteiger partial charge in [-0.05, 0) is 37.5 Å². The van der Waals surface area contributed by atoms with Crippen molar-refractivity contribution in [3.8, 4) is 0 Å². The van der Waals surface area contributed by atoms with Crippen molar-refractivity contribution in [1.29, 1.82) is 0 Å². The average Bonchev–Trinajstić information content (AvgIpc) is 3.01. The van der Waals surface area contributed by atoms with E-state index < -0.39 is 6.10 Å². The van der Waals surface area contributed by atoms with Gasteiger partial charge in [-0.15, -0.1) is 0 Å². The maximum absolute atomic E-state index is 9.63. The topological polar surface area (TPSA) is 26.7 Å². The lowest BCUT2D eigenvalue weighted by Gasteiger charge is -2.39. The Labute approximate surface area is 132 Å². The Kier molecular flexibility index (Phi) is 4.72. The molecule has 1 aliphatic heterocycles. The molecule has 1 saturated carbocycles. The van der Waals surface area contributed by atoms with E-state index in [0.717, 1.165) is 48.5 Å². The third-order valence-electron chi connectivity index (χ3n) is 4.95. The van der Waals surface area contributed by atoms with Crippen LogP contribution in [0.25, 0.3) is 0 Å². The maximum atomic E-state index is 9.63. The summed E-state index contributed by atoms with van der Waals surface area (Å²) in [5.41, 5.74) is 1.99. The molecule has 1 N–H and O–H groups in total. The summed E-state index contributed by atoms with van der Waals surface area (Å²) in [6.07, 6.45) is 5.10. The largest absolute Gasteiger partial charge is 0.389 e. The molecule has 1 aromatic carbocycles. The molecule has 0 amide bonds. The molecule has 1 heterocycles. The van der Waals surface area contributed by atoms with Crippen LogP contribution in [0.5, 0.6) is 0 Å². The Hall–Kier alpha value is -0.770. The predicted molar refractivity (Wildman–Crippen MR) is 88.1 cm³/mol. The number of nitrogens with zero attached hydrogens (tertiary/aromatic N) is 2. The Morgan fingerprint density at radius 1 is 1.14 bits per heavy atom. The molecular formula is C17H25ClN2O. The summed E-state index contributed by atoms with van der Waals surface area (Å²) in [7, 11) is 0. The highest BCUT2D eigenvalue weighted by atomic mass is 35.5. The fourth-order valence-electron chi connectivity index (χ4n) is 3.64. The summed E-state index contributed by atoms with van der Waals surface area (Å²) in [5.74, 6) is 0. The van der Waals surface area contributed by atoms with Crippen LogP contribution in [-0.2, 0) is 0 Å². The molecule has 0 unspecified atom stereocenters. The molecule has 0 aromatic heterocycles. The van der Waals surface area contributed by atoms with Gasteiger partial charge >= 0.3 is 0 Å². The molecule has 3 nitrogen and oxygen atoms in total. The lowest BCUT2D eigenvalue weighted by molar-refractivity contribution is 0.187. The Morgan fingerprint density at radius 3 is 2.38 bits per heavy atom. The monoisotopic (exact) mass is 308 g/mol. The van der Waals surface area contributed by atoms with E-state index in [-0.39, 0.29) is 0 Å². The minimum absolute atomic E-state index is 0.462. The van der Waals surface area contributed by atoms with Crippen molar-refractivity contribution in [1.82, 2.24) is 4.90 Å². The van der Waals surface area contributed by atoms with Crippen LogP contribution in [0.4, 0.5) is 5.69 Å². The van der Waals surface area contributed by atoms with E-state index in [1.54, 1.807) is 6.92 Å². The fraction of sp³-hybridized carbons (Fsp3) is 0.647. The molecular weight excluding hydrogens is 284 g/mol. The van der Waals surface area contributed by atoms with Crippen molar-refractivity contribution < 1.29 is 5.11 Å². The second-order valence-corrected chi connectivity index (χ2v) is 6.76. The number of halogens is 1. The van der Waals surface area contributed by atoms with E-state index in [1.165, 1.54) is 25.7 Å². The molecule has 1 aromatic rings. The molecule has 21 heavy (non-hydrogen) atoms. The molecule has 1 saturated heterocycles. The number of aliphatic hydroxyl groups is 1. The van der Waals surface area contributed by atoms with Gasteiger partial charge in [-0.3, -0.25) is 4.90 Å². The van der Waals surface area contributed by atoms with E-state index >= 15 is 0 Å². The highest BCUT2D eigenvalue weighted by Crippen LogP contribution is 2.31. The average molecular weight is 309 g/mol. The second kappa shape index (κ2) is 6.55. The molecule has 0 bridgehead atoms. The molecule has 0 radical (unpaired) electrons. The first-order valence-electron chi connectivity index (χ1n) is 8.11. The Balaban J connectivity index is 1.63. The quantitative estimate of drug-likeness (QED) is 0.926. The predicted octanol–water partition coefficient (Wildman–Crippen LogP) is 3.46. The van der Waals surface area contributed by atoms with Gasteiger partial charge in [-0.2, -0.15) is 0 Å². The van der Waals surface area contributed by atoms with Crippen LogP contribution in [0.2, 0.25) is 5.02 Å². The van der Waals surface area contributed by atoms with Gasteiger partial charge in [0.2, 0.25) is 0 Å². The van der Waals surface area contributed by atoms with E-state index in [1.807, 2.05) is 12.1 Å². The van der Waals surface area contributed by atoms with Crippen molar-refractivity contribution in [2.45, 2.75) is 44.8 Å². The summed E-state index contributed by atoms with van der Waals surface area (Å²) in [4.78, 5) is 5.03. The number of hydrogen-bond donors (Lipinski definition) is 1. The van der Waals surface area contributed by atoms with Gasteiger partial charge in [0.05, 0.1) is 16.8 Å². The fourth-order valence-corrected chi connectivity index (χ4v) is 3.95. The van der Waals surface area contributed by atoms with Gasteiger partial charge in [0, 0.05) is 32.2 Å². The molecule has 1 aliphatic carbocycles. The summed E-state index contributed by atoms with van der Waals surface area (Å²) < 4.78 is 0. The van der Waals surface area contributed by atoms with Crippen LogP contribution in [0.1, 0.15) is 44.3 Å². The van der Waals surface area contributed by atoms with E-state index in [9.17, 15) is 5.11 Å². The minimum atomic E-state index is -0.462. The van der Waals surface area contributed by atoms with Crippen LogP contribution in [0, 0.1) is 0 Å². The second-order valence-electron chi connectivity index (χ2n) is 6.35. The zero-order valence-electron chi connectivity index (χ0n) is 12.8. The number of rotatable bonds is 3. The van der Waals surface area contributed by atoms with Gasteiger partial charge in [-0.25, -0.2) is 0 Å². The zero-order chi connectivity index (χ0) is 14.8. The molecule has 116 valence electrons. The third kappa shape index (κ3) is 3.36. The zero-order valence-corrected chi connectivity index (χ0v) is 13.5. The molecule has 0 spiro atoms. The highest BCUT2D eigenvalue weighted by Gasteiger charge is 2.26. The summed E-state index contributed by atoms with van der Waals surface area (Å²) in [6.45, 7) is 6.14. The first-order chi connectivity index (χ1) is 10.1. The summed E-state index contributed by atoms with van der Waals surface area (Å²) in [6, 6.07) is 6.75. The van der Waals surface area contributed by atoms with Gasteiger partial charge in [0.15, 0.2) is 0 Å². The minimum Gasteiger partial charge on any atom is -0.389 e. The summed E-state index contributed by atoms with van der Waals surface area (Å²) >= 11 is 6.40. The lowest BCUT2D eigenvalue weighted by Crippen LogP contribution is -2.49. The van der Waals surface area contributed by atoms with Crippen LogP contribution in [0.15, 0.2) is 18.2 Å². The van der Waals surface area contributed by atoms with Gasteiger partial charge in [-0.1, -0.05) is 30.5 Å². The molecule has 3 rings (SSSR count). The van der Waals surface area contributed by atoms with Crippen LogP contribution in [-0.4, -0.2) is 42.2 Å². The SMILES string of the molecule is C[C@@H](O)c1ccc(N2CCN(C3CCCC3)CC2)c(Cl)c1. The standard InChI is InChI=1S/C17H25ClN2O/c1-13(21)14-6-7-17(16(18)12-14)20-10-8-19(9-11-20)15-4-2-3-5-15/h6-7,12-13,15,21H,2-5,8-11H2,1H3/t13-/m1/s1. The lowest BCUT2D eigenvalue weighted by atomic mass is 10.1. The van der Waals surface area contributed by atoms with Gasteiger partial charge in [0.25, 0.3) is 0 Å². The molecule has 1 atom stereocenters. The number of benzene rings is 1. The van der Waals surface area contributed by atoms with Crippen LogP contribution in [0.3, 0.4) is 0 Å². The first-order valence-corrected chi connectivity index (χ1v) is 8.49. The van der Waals surface area contributed by atoms with E-state index in [4.69, 9.17) is 11.6 Å². The maximum Gasteiger partial charge on any atom is 0.0762 e. The third-order valence-corrected chi connectivity index (χ3v) is 5.25. The van der Waals surface area contributed by atoms with E-state index in [0.29, 0.717) is 0 Å². The smallest absolute Gasteiger partial charge is 0.0762 e. The van der Waals surface area contributed by atoms with Crippen LogP contribution < -0.4 is 4.90 Å². The Morgan fingerprint density at radius 2 is 1.81 bits per heavy atom. The molecule has 2 fully saturated rings. The van der Waals surface area contributed by atoms with Crippen LogP contribution >= 0.6 is 11.6 Å². The van der Waals surface area contributed by atoms with Gasteiger partial charge < -0.3 is 10.0 Å². The van der Waals surface area contributed by atoms with Crippen molar-refractivity contribution >= 4 is 17.3 Å². The van der Waals surface area contributed by atoms with Crippen molar-refractivity contribution in [3.05, 3.63) is 28.8 Å². The highest BCUT2D eigenvalue weighted by molar-refractivity contribution is 6.33. The Bertz CT molecular complexity index is 478. The number of hydrogen-bond acceptors (Lipinski definition) is 3. The number of piperazine rings is 1. The summed E-state index contributed by atoms with van der Waals surface area (Å²) in [5, 5.41) is 10.4. The van der Waals surface area contributed by atoms with E-state index in [2.05, 4.69) is 15.9 Å². The number of anilines is 1. The van der Waals surface area contributed by atoms with Crippen molar-refractivity contribution in [3.63, 3.8) is 0 Å². The van der Waals surface area contributed by atoms with Gasteiger partial charge in [0.1, 0.15) is 0 Å². The normalized spacial score (nSPS) is 22.7. The molecule has 4 heteroatoms. The van der Waals surface area contributed by atoms with Crippen molar-refractivity contribution in [2.24, 2.45) is 0 Å². The first kappa shape index (κ1) is 15.1. The molecule has 2 aliphatic rings.